The van der Waals surface area contributed by atoms with Crippen molar-refractivity contribution < 1.29 is 8.42 Å². The second-order valence-electron chi connectivity index (χ2n) is 4.12. The molecule has 0 aliphatic carbocycles. The summed E-state index contributed by atoms with van der Waals surface area (Å²) in [6, 6.07) is 6.36. The Kier molecular flexibility index (Phi) is 4.08. The topological polar surface area (TPSA) is 95.7 Å². The molecule has 0 saturated heterocycles. The quantitative estimate of drug-likeness (QED) is 0.910. The van der Waals surface area contributed by atoms with E-state index in [-0.39, 0.29) is 17.1 Å². The Labute approximate surface area is 117 Å². The van der Waals surface area contributed by atoms with Gasteiger partial charge in [0.15, 0.2) is 0 Å². The summed E-state index contributed by atoms with van der Waals surface area (Å²) in [5.74, 6) is 0. The Morgan fingerprint density at radius 2 is 2.10 bits per heavy atom. The Balaban J connectivity index is 2.15. The molecule has 0 spiro atoms. The summed E-state index contributed by atoms with van der Waals surface area (Å²) in [5.41, 5.74) is 1.94. The van der Waals surface area contributed by atoms with Crippen molar-refractivity contribution in [3.8, 4) is 6.07 Å². The fourth-order valence-corrected chi connectivity index (χ4v) is 2.49. The van der Waals surface area contributed by atoms with Crippen molar-refractivity contribution in [2.45, 2.75) is 18.4 Å². The lowest BCUT2D eigenvalue weighted by molar-refractivity contribution is 0.580. The van der Waals surface area contributed by atoms with Gasteiger partial charge < -0.3 is 0 Å². The van der Waals surface area contributed by atoms with E-state index < -0.39 is 10.0 Å². The summed E-state index contributed by atoms with van der Waals surface area (Å²) < 4.78 is 26.6. The van der Waals surface area contributed by atoms with Gasteiger partial charge in [-0.1, -0.05) is 0 Å². The predicted molar refractivity (Wildman–Crippen MR) is 72.0 cm³/mol. The number of nitrogens with zero attached hydrogens (tertiary/aromatic N) is 3. The number of nitriles is 1. The van der Waals surface area contributed by atoms with E-state index in [4.69, 9.17) is 5.26 Å². The van der Waals surface area contributed by atoms with Crippen LogP contribution in [0.25, 0.3) is 0 Å². The molecule has 0 unspecified atom stereocenters. The monoisotopic (exact) mass is 288 g/mol. The van der Waals surface area contributed by atoms with Crippen LogP contribution < -0.4 is 4.72 Å². The first-order valence-electron chi connectivity index (χ1n) is 5.78. The predicted octanol–water partition coefficient (Wildman–Crippen LogP) is 1.14. The molecular weight excluding hydrogens is 276 g/mol. The molecule has 0 aliphatic rings. The van der Waals surface area contributed by atoms with Crippen LogP contribution in [0.3, 0.4) is 0 Å². The van der Waals surface area contributed by atoms with Gasteiger partial charge in [0.05, 0.1) is 0 Å². The van der Waals surface area contributed by atoms with Gasteiger partial charge in [-0.15, -0.1) is 0 Å². The molecule has 0 fully saturated rings. The lowest BCUT2D eigenvalue weighted by Gasteiger charge is -2.08. The van der Waals surface area contributed by atoms with Crippen molar-refractivity contribution in [3.63, 3.8) is 0 Å². The first kappa shape index (κ1) is 14.1. The van der Waals surface area contributed by atoms with Crippen LogP contribution in [0.2, 0.25) is 0 Å². The van der Waals surface area contributed by atoms with E-state index in [1.165, 1.54) is 12.1 Å². The van der Waals surface area contributed by atoms with E-state index in [9.17, 15) is 8.42 Å². The van der Waals surface area contributed by atoms with Crippen LogP contribution >= 0.6 is 0 Å². The average Bonchev–Trinajstić information content (AvgIpc) is 2.46. The lowest BCUT2D eigenvalue weighted by atomic mass is 10.2. The second-order valence-corrected chi connectivity index (χ2v) is 5.88. The van der Waals surface area contributed by atoms with Crippen LogP contribution in [0.5, 0.6) is 0 Å². The third kappa shape index (κ3) is 3.17. The third-order valence-corrected chi connectivity index (χ3v) is 4.15. The van der Waals surface area contributed by atoms with Gasteiger partial charge in [-0.25, -0.2) is 18.1 Å². The molecule has 20 heavy (non-hydrogen) atoms. The fraction of sp³-hybridized carbons (Fsp3) is 0.154. The second kappa shape index (κ2) is 5.77. The summed E-state index contributed by atoms with van der Waals surface area (Å²) in [6.45, 7) is 2.04. The van der Waals surface area contributed by atoms with Gasteiger partial charge in [0.2, 0.25) is 10.0 Å². The summed E-state index contributed by atoms with van der Waals surface area (Å²) in [4.78, 5) is 7.73. The first-order valence-corrected chi connectivity index (χ1v) is 7.26. The maximum Gasteiger partial charge on any atom is 0.242 e. The van der Waals surface area contributed by atoms with Gasteiger partial charge >= 0.3 is 0 Å². The molecule has 2 aromatic heterocycles. The Morgan fingerprint density at radius 1 is 1.30 bits per heavy atom. The number of aryl methyl sites for hydroxylation is 1. The smallest absolute Gasteiger partial charge is 0.242 e. The van der Waals surface area contributed by atoms with Gasteiger partial charge in [0.25, 0.3) is 0 Å². The molecule has 0 saturated carbocycles. The number of sulfonamides is 1. The van der Waals surface area contributed by atoms with Crippen LogP contribution in [-0.4, -0.2) is 18.4 Å². The van der Waals surface area contributed by atoms with Gasteiger partial charge in [-0.3, -0.25) is 4.98 Å². The van der Waals surface area contributed by atoms with Crippen molar-refractivity contribution in [2.24, 2.45) is 0 Å². The molecule has 102 valence electrons. The minimum atomic E-state index is -3.65. The Morgan fingerprint density at radius 3 is 2.70 bits per heavy atom. The number of pyridine rings is 2. The number of rotatable bonds is 4. The Bertz CT molecular complexity index is 749. The van der Waals surface area contributed by atoms with E-state index in [0.29, 0.717) is 0 Å². The Hall–Kier alpha value is -2.30. The minimum Gasteiger partial charge on any atom is -0.264 e. The molecule has 6 nitrogen and oxygen atoms in total. The summed E-state index contributed by atoms with van der Waals surface area (Å²) in [7, 11) is -3.65. The maximum atomic E-state index is 12.1. The van der Waals surface area contributed by atoms with E-state index in [2.05, 4.69) is 14.7 Å². The van der Waals surface area contributed by atoms with E-state index in [0.717, 1.165) is 17.3 Å². The third-order valence-electron chi connectivity index (χ3n) is 2.76. The summed E-state index contributed by atoms with van der Waals surface area (Å²) in [5, 5.41) is 8.63. The number of nitrogens with one attached hydrogen (secondary N) is 1. The van der Waals surface area contributed by atoms with E-state index >= 15 is 0 Å². The highest BCUT2D eigenvalue weighted by atomic mass is 32.2. The molecule has 0 amide bonds. The molecule has 0 radical (unpaired) electrons. The highest BCUT2D eigenvalue weighted by molar-refractivity contribution is 7.89. The lowest BCUT2D eigenvalue weighted by Crippen LogP contribution is -2.23. The largest absolute Gasteiger partial charge is 0.264 e. The number of aromatic nitrogens is 2. The minimum absolute atomic E-state index is 0.0260. The zero-order valence-corrected chi connectivity index (χ0v) is 11.6. The average molecular weight is 288 g/mol. The van der Waals surface area contributed by atoms with Gasteiger partial charge in [0.1, 0.15) is 16.7 Å². The van der Waals surface area contributed by atoms with Crippen LogP contribution in [0.4, 0.5) is 0 Å². The highest BCUT2D eigenvalue weighted by Crippen LogP contribution is 2.10. The van der Waals surface area contributed by atoms with Crippen molar-refractivity contribution in [1.29, 1.82) is 5.26 Å². The van der Waals surface area contributed by atoms with E-state index in [1.54, 1.807) is 12.4 Å². The number of hydrogen-bond acceptors (Lipinski definition) is 5. The molecule has 0 atom stereocenters. The normalized spacial score (nSPS) is 11.0. The molecule has 0 aliphatic heterocycles. The van der Waals surface area contributed by atoms with Gasteiger partial charge in [-0.05, 0) is 36.2 Å². The SMILES string of the molecule is Cc1ccncc1CNS(=O)(=O)c1ccc(C#N)nc1. The highest BCUT2D eigenvalue weighted by Gasteiger charge is 2.14. The van der Waals surface area contributed by atoms with E-state index in [1.807, 2.05) is 19.1 Å². The van der Waals surface area contributed by atoms with Crippen LogP contribution in [0.1, 0.15) is 16.8 Å². The van der Waals surface area contributed by atoms with Crippen LogP contribution in [-0.2, 0) is 16.6 Å². The summed E-state index contributed by atoms with van der Waals surface area (Å²) in [6.07, 6.45) is 4.43. The molecule has 1 N–H and O–H groups in total. The molecule has 0 aromatic carbocycles. The van der Waals surface area contributed by atoms with Crippen LogP contribution in [0, 0.1) is 18.3 Å². The zero-order valence-electron chi connectivity index (χ0n) is 10.7. The maximum absolute atomic E-state index is 12.1. The van der Waals surface area contributed by atoms with Crippen molar-refractivity contribution in [3.05, 3.63) is 53.6 Å². The fourth-order valence-electron chi connectivity index (χ4n) is 1.54. The molecule has 2 heterocycles. The van der Waals surface area contributed by atoms with Gasteiger partial charge in [-0.2, -0.15) is 5.26 Å². The van der Waals surface area contributed by atoms with Crippen molar-refractivity contribution >= 4 is 10.0 Å². The van der Waals surface area contributed by atoms with Crippen LogP contribution in [0.15, 0.2) is 41.7 Å². The first-order chi connectivity index (χ1) is 9.53. The zero-order chi connectivity index (χ0) is 14.6. The summed E-state index contributed by atoms with van der Waals surface area (Å²) >= 11 is 0. The standard InChI is InChI=1S/C13H12N4O2S/c1-10-4-5-15-7-11(10)8-17-20(18,19)13-3-2-12(6-14)16-9-13/h2-5,7,9,17H,8H2,1H3. The molecule has 2 rings (SSSR count). The van der Waals surface area contributed by atoms with Gasteiger partial charge in [0, 0.05) is 25.1 Å². The molecule has 7 heteroatoms. The molecular formula is C13H12N4O2S. The molecule has 2 aromatic rings. The molecule has 0 bridgehead atoms. The van der Waals surface area contributed by atoms with Crippen molar-refractivity contribution in [2.75, 3.05) is 0 Å². The van der Waals surface area contributed by atoms with Crippen molar-refractivity contribution in [1.82, 2.24) is 14.7 Å². The number of hydrogen-bond donors (Lipinski definition) is 1.